The van der Waals surface area contributed by atoms with Crippen LogP contribution in [-0.2, 0) is 5.75 Å². The van der Waals surface area contributed by atoms with Crippen molar-refractivity contribution in [2.24, 2.45) is 0 Å². The fourth-order valence-corrected chi connectivity index (χ4v) is 5.18. The molecule has 0 N–H and O–H groups in total. The minimum absolute atomic E-state index is 0.875. The predicted molar refractivity (Wildman–Crippen MR) is 104 cm³/mol. The van der Waals surface area contributed by atoms with Crippen molar-refractivity contribution < 1.29 is 0 Å². The molecular weight excluding hydrogens is 354 g/mol. The molecule has 0 aliphatic heterocycles. The summed E-state index contributed by atoms with van der Waals surface area (Å²) in [6.07, 6.45) is 0. The maximum absolute atomic E-state index is 4.71. The van der Waals surface area contributed by atoms with Gasteiger partial charge in [0.25, 0.3) is 0 Å². The molecule has 3 heterocycles. The zero-order valence-electron chi connectivity index (χ0n) is 13.3. The first-order valence-electron chi connectivity index (χ1n) is 7.57. The molecule has 6 heteroatoms. The van der Waals surface area contributed by atoms with Crippen molar-refractivity contribution in [3.05, 3.63) is 57.9 Å². The molecule has 1 aromatic carbocycles. The van der Waals surface area contributed by atoms with Crippen LogP contribution in [0, 0.1) is 13.8 Å². The van der Waals surface area contributed by atoms with Gasteiger partial charge in [-0.1, -0.05) is 47.7 Å². The molecule has 3 nitrogen and oxygen atoms in total. The largest absolute Gasteiger partial charge is 0.238 e. The summed E-state index contributed by atoms with van der Waals surface area (Å²) in [4.78, 5) is 5.86. The third-order valence-electron chi connectivity index (χ3n) is 3.61. The molecule has 0 aliphatic carbocycles. The second-order valence-electron chi connectivity index (χ2n) is 5.52. The van der Waals surface area contributed by atoms with Gasteiger partial charge in [0, 0.05) is 5.75 Å². The van der Waals surface area contributed by atoms with Crippen molar-refractivity contribution in [3.8, 4) is 10.6 Å². The van der Waals surface area contributed by atoms with Gasteiger partial charge in [-0.15, -0.1) is 32.9 Å². The Morgan fingerprint density at radius 1 is 1.08 bits per heavy atom. The van der Waals surface area contributed by atoms with Crippen molar-refractivity contribution in [2.45, 2.75) is 24.6 Å². The Hall–Kier alpha value is -1.76. The van der Waals surface area contributed by atoms with E-state index in [1.54, 1.807) is 34.4 Å². The van der Waals surface area contributed by atoms with Gasteiger partial charge in [-0.3, -0.25) is 0 Å². The van der Waals surface area contributed by atoms with Crippen LogP contribution in [0.3, 0.4) is 0 Å². The number of thiophene rings is 1. The molecular formula is C18H15N3S3. The highest BCUT2D eigenvalue weighted by atomic mass is 32.2. The van der Waals surface area contributed by atoms with Gasteiger partial charge in [-0.2, -0.15) is 0 Å². The lowest BCUT2D eigenvalue weighted by Gasteiger charge is -2.04. The van der Waals surface area contributed by atoms with Crippen LogP contribution in [0.25, 0.3) is 20.8 Å². The average Bonchev–Trinajstić information content (AvgIpc) is 3.21. The van der Waals surface area contributed by atoms with Crippen molar-refractivity contribution >= 4 is 44.7 Å². The second kappa shape index (κ2) is 6.63. The Bertz CT molecular complexity index is 990. The number of aryl methyl sites for hydroxylation is 2. The first kappa shape index (κ1) is 15.7. The van der Waals surface area contributed by atoms with Gasteiger partial charge < -0.3 is 0 Å². The summed E-state index contributed by atoms with van der Waals surface area (Å²) < 4.78 is 1.14. The van der Waals surface area contributed by atoms with Gasteiger partial charge in [0.15, 0.2) is 0 Å². The normalized spacial score (nSPS) is 11.2. The second-order valence-corrected chi connectivity index (χ2v) is 8.63. The highest BCUT2D eigenvalue weighted by molar-refractivity contribution is 7.98. The number of aromatic nitrogens is 3. The van der Waals surface area contributed by atoms with E-state index >= 15 is 0 Å². The SMILES string of the molecule is Cc1cccc(CSc2nnc(-c3cccs3)c3sc(C)nc23)c1. The van der Waals surface area contributed by atoms with Crippen LogP contribution in [-0.4, -0.2) is 15.2 Å². The molecule has 3 aromatic heterocycles. The quantitative estimate of drug-likeness (QED) is 0.431. The summed E-state index contributed by atoms with van der Waals surface area (Å²) >= 11 is 5.09. The molecule has 24 heavy (non-hydrogen) atoms. The van der Waals surface area contributed by atoms with E-state index in [0.29, 0.717) is 0 Å². The minimum atomic E-state index is 0.875. The molecule has 0 spiro atoms. The van der Waals surface area contributed by atoms with Crippen LogP contribution in [0.15, 0.2) is 46.8 Å². The van der Waals surface area contributed by atoms with Crippen molar-refractivity contribution in [1.29, 1.82) is 0 Å². The summed E-state index contributed by atoms with van der Waals surface area (Å²) in [5, 5.41) is 13.0. The fourth-order valence-electron chi connectivity index (χ4n) is 2.55. The standard InChI is InChI=1S/C18H15N3S3/c1-11-5-3-6-13(9-11)10-23-18-16-17(24-12(2)19-16)15(20-21-18)14-7-4-8-22-14/h3-9H,10H2,1-2H3. The number of rotatable bonds is 4. The molecule has 0 saturated carbocycles. The minimum Gasteiger partial charge on any atom is -0.238 e. The van der Waals surface area contributed by atoms with Crippen LogP contribution >= 0.6 is 34.4 Å². The molecule has 0 fully saturated rings. The first-order chi connectivity index (χ1) is 11.7. The van der Waals surface area contributed by atoms with E-state index < -0.39 is 0 Å². The summed E-state index contributed by atoms with van der Waals surface area (Å²) in [6.45, 7) is 4.16. The van der Waals surface area contributed by atoms with Gasteiger partial charge in [0.1, 0.15) is 16.2 Å². The molecule has 4 aromatic rings. The first-order valence-corrected chi connectivity index (χ1v) is 10.2. The smallest absolute Gasteiger partial charge is 0.146 e. The number of thiazole rings is 1. The summed E-state index contributed by atoms with van der Waals surface area (Å²) in [5.41, 5.74) is 4.50. The maximum atomic E-state index is 4.71. The summed E-state index contributed by atoms with van der Waals surface area (Å²) in [5.74, 6) is 0.875. The Balaban J connectivity index is 1.70. The van der Waals surface area contributed by atoms with Gasteiger partial charge >= 0.3 is 0 Å². The number of hydrogen-bond acceptors (Lipinski definition) is 6. The Kier molecular flexibility index (Phi) is 4.35. The monoisotopic (exact) mass is 369 g/mol. The van der Waals surface area contributed by atoms with E-state index in [0.717, 1.165) is 36.6 Å². The van der Waals surface area contributed by atoms with Crippen LogP contribution in [0.2, 0.25) is 0 Å². The molecule has 0 unspecified atom stereocenters. The lowest BCUT2D eigenvalue weighted by Crippen LogP contribution is -1.92. The average molecular weight is 370 g/mol. The highest BCUT2D eigenvalue weighted by Crippen LogP contribution is 2.37. The van der Waals surface area contributed by atoms with Crippen LogP contribution in [0.4, 0.5) is 0 Å². The third-order valence-corrected chi connectivity index (χ3v) is 6.49. The van der Waals surface area contributed by atoms with E-state index in [4.69, 9.17) is 4.98 Å². The summed E-state index contributed by atoms with van der Waals surface area (Å²) in [6, 6.07) is 12.7. The van der Waals surface area contributed by atoms with Crippen molar-refractivity contribution in [1.82, 2.24) is 15.2 Å². The van der Waals surface area contributed by atoms with Crippen LogP contribution in [0.5, 0.6) is 0 Å². The number of benzene rings is 1. The van der Waals surface area contributed by atoms with E-state index in [-0.39, 0.29) is 0 Å². The predicted octanol–water partition coefficient (Wildman–Crippen LogP) is 5.72. The molecule has 0 radical (unpaired) electrons. The molecule has 0 aliphatic rings. The van der Waals surface area contributed by atoms with Crippen LogP contribution in [0.1, 0.15) is 16.1 Å². The zero-order valence-corrected chi connectivity index (χ0v) is 15.8. The Labute approximate surface area is 152 Å². The Morgan fingerprint density at radius 2 is 2.00 bits per heavy atom. The van der Waals surface area contributed by atoms with Gasteiger partial charge in [0.2, 0.25) is 0 Å². The number of fused-ring (bicyclic) bond motifs is 1. The van der Waals surface area contributed by atoms with E-state index in [1.807, 2.05) is 13.0 Å². The molecule has 0 bridgehead atoms. The molecule has 0 saturated heterocycles. The molecule has 0 atom stereocenters. The van der Waals surface area contributed by atoms with Crippen LogP contribution < -0.4 is 0 Å². The van der Waals surface area contributed by atoms with Gasteiger partial charge in [-0.05, 0) is 30.9 Å². The number of thioether (sulfide) groups is 1. The molecule has 0 amide bonds. The van der Waals surface area contributed by atoms with E-state index in [9.17, 15) is 0 Å². The zero-order chi connectivity index (χ0) is 16.5. The Morgan fingerprint density at radius 3 is 2.79 bits per heavy atom. The van der Waals surface area contributed by atoms with E-state index in [1.165, 1.54) is 11.1 Å². The van der Waals surface area contributed by atoms with Crippen molar-refractivity contribution in [2.75, 3.05) is 0 Å². The highest BCUT2D eigenvalue weighted by Gasteiger charge is 2.16. The lowest BCUT2D eigenvalue weighted by atomic mass is 10.2. The molecule has 120 valence electrons. The lowest BCUT2D eigenvalue weighted by molar-refractivity contribution is 0.957. The maximum Gasteiger partial charge on any atom is 0.146 e. The molecule has 4 rings (SSSR count). The number of nitrogens with zero attached hydrogens (tertiary/aromatic N) is 3. The third kappa shape index (κ3) is 3.09. The van der Waals surface area contributed by atoms with Gasteiger partial charge in [0.05, 0.1) is 14.6 Å². The van der Waals surface area contributed by atoms with E-state index in [2.05, 4.69) is 52.8 Å². The van der Waals surface area contributed by atoms with Gasteiger partial charge in [-0.25, -0.2) is 4.98 Å². The fraction of sp³-hybridized carbons (Fsp3) is 0.167. The van der Waals surface area contributed by atoms with Crippen molar-refractivity contribution in [3.63, 3.8) is 0 Å². The number of hydrogen-bond donors (Lipinski definition) is 0. The summed E-state index contributed by atoms with van der Waals surface area (Å²) in [7, 11) is 0. The topological polar surface area (TPSA) is 38.7 Å².